The highest BCUT2D eigenvalue weighted by Crippen LogP contribution is 2.16. The summed E-state index contributed by atoms with van der Waals surface area (Å²) in [4.78, 5) is 28.1. The van der Waals surface area contributed by atoms with E-state index in [1.165, 1.54) is 0 Å². The number of benzene rings is 1. The SMILES string of the molecule is Cl.N#C[C@@H]1CCCN1C(=O)CNC1CCN(C(=O)NCc2ccccc2)CC1. The Kier molecular flexibility index (Phi) is 8.55. The van der Waals surface area contributed by atoms with Gasteiger partial charge in [0.25, 0.3) is 0 Å². The molecule has 1 atom stereocenters. The lowest BCUT2D eigenvalue weighted by molar-refractivity contribution is -0.130. The van der Waals surface area contributed by atoms with Crippen molar-refractivity contribution in [1.29, 1.82) is 5.26 Å². The molecule has 0 spiro atoms. The van der Waals surface area contributed by atoms with Crippen LogP contribution >= 0.6 is 12.4 Å². The second-order valence-corrected chi connectivity index (χ2v) is 7.16. The molecule has 3 rings (SSSR count). The van der Waals surface area contributed by atoms with Crippen molar-refractivity contribution in [2.75, 3.05) is 26.2 Å². The monoisotopic (exact) mass is 405 g/mol. The van der Waals surface area contributed by atoms with E-state index in [1.54, 1.807) is 4.90 Å². The van der Waals surface area contributed by atoms with Gasteiger partial charge in [0.05, 0.1) is 12.6 Å². The third-order valence-corrected chi connectivity index (χ3v) is 5.33. The molecule has 2 aliphatic heterocycles. The summed E-state index contributed by atoms with van der Waals surface area (Å²) < 4.78 is 0. The molecule has 8 heteroatoms. The molecule has 7 nitrogen and oxygen atoms in total. The van der Waals surface area contributed by atoms with Gasteiger partial charge in [0, 0.05) is 32.2 Å². The van der Waals surface area contributed by atoms with Crippen molar-refractivity contribution in [3.63, 3.8) is 0 Å². The first-order chi connectivity index (χ1) is 13.2. The summed E-state index contributed by atoms with van der Waals surface area (Å²) in [6, 6.07) is 12.0. The lowest BCUT2D eigenvalue weighted by atomic mass is 10.1. The highest BCUT2D eigenvalue weighted by atomic mass is 35.5. The summed E-state index contributed by atoms with van der Waals surface area (Å²) >= 11 is 0. The zero-order valence-corrected chi connectivity index (χ0v) is 16.8. The molecule has 2 saturated heterocycles. The van der Waals surface area contributed by atoms with Gasteiger partial charge in [0.1, 0.15) is 6.04 Å². The number of amides is 3. The first-order valence-electron chi connectivity index (χ1n) is 9.66. The van der Waals surface area contributed by atoms with E-state index < -0.39 is 0 Å². The van der Waals surface area contributed by atoms with Crippen LogP contribution in [-0.2, 0) is 11.3 Å². The molecule has 3 amide bonds. The number of piperidine rings is 1. The van der Waals surface area contributed by atoms with E-state index in [-0.39, 0.29) is 43.0 Å². The van der Waals surface area contributed by atoms with E-state index in [0.717, 1.165) is 31.2 Å². The van der Waals surface area contributed by atoms with Crippen LogP contribution in [0.3, 0.4) is 0 Å². The van der Waals surface area contributed by atoms with Crippen LogP contribution in [0.25, 0.3) is 0 Å². The van der Waals surface area contributed by atoms with Gasteiger partial charge in [0.2, 0.25) is 5.91 Å². The smallest absolute Gasteiger partial charge is 0.317 e. The zero-order valence-electron chi connectivity index (χ0n) is 16.0. The van der Waals surface area contributed by atoms with Crippen molar-refractivity contribution in [3.8, 4) is 6.07 Å². The number of hydrogen-bond donors (Lipinski definition) is 2. The van der Waals surface area contributed by atoms with Gasteiger partial charge in [-0.15, -0.1) is 12.4 Å². The third kappa shape index (κ3) is 5.85. The van der Waals surface area contributed by atoms with Gasteiger partial charge in [-0.05, 0) is 31.2 Å². The lowest BCUT2D eigenvalue weighted by Crippen LogP contribution is -2.50. The van der Waals surface area contributed by atoms with Crippen molar-refractivity contribution < 1.29 is 9.59 Å². The molecule has 0 unspecified atom stereocenters. The van der Waals surface area contributed by atoms with Crippen LogP contribution < -0.4 is 10.6 Å². The molecule has 0 aliphatic carbocycles. The Labute approximate surface area is 172 Å². The maximum Gasteiger partial charge on any atom is 0.317 e. The molecule has 2 N–H and O–H groups in total. The normalized spacial score (nSPS) is 19.6. The van der Waals surface area contributed by atoms with Crippen molar-refractivity contribution in [2.45, 2.75) is 44.3 Å². The lowest BCUT2D eigenvalue weighted by Gasteiger charge is -2.32. The van der Waals surface area contributed by atoms with Crippen molar-refractivity contribution in [2.24, 2.45) is 0 Å². The number of nitrogens with one attached hydrogen (secondary N) is 2. The van der Waals surface area contributed by atoms with Gasteiger partial charge < -0.3 is 20.4 Å². The largest absolute Gasteiger partial charge is 0.334 e. The van der Waals surface area contributed by atoms with E-state index in [9.17, 15) is 9.59 Å². The topological polar surface area (TPSA) is 88.5 Å². The quantitative estimate of drug-likeness (QED) is 0.782. The van der Waals surface area contributed by atoms with Gasteiger partial charge in [0.15, 0.2) is 0 Å². The molecule has 2 heterocycles. The van der Waals surface area contributed by atoms with Crippen LogP contribution in [0, 0.1) is 11.3 Å². The van der Waals surface area contributed by atoms with E-state index in [4.69, 9.17) is 5.26 Å². The summed E-state index contributed by atoms with van der Waals surface area (Å²) in [5.41, 5.74) is 1.08. The molecule has 1 aromatic rings. The first-order valence-corrected chi connectivity index (χ1v) is 9.66. The summed E-state index contributed by atoms with van der Waals surface area (Å²) in [5.74, 6) is 0.00193. The Morgan fingerprint density at radius 1 is 1.11 bits per heavy atom. The summed E-state index contributed by atoms with van der Waals surface area (Å²) in [7, 11) is 0. The van der Waals surface area contributed by atoms with Crippen molar-refractivity contribution in [3.05, 3.63) is 35.9 Å². The fourth-order valence-electron chi connectivity index (χ4n) is 3.70. The Hall–Kier alpha value is -2.30. The zero-order chi connectivity index (χ0) is 19.1. The molecule has 0 radical (unpaired) electrons. The minimum atomic E-state index is -0.269. The summed E-state index contributed by atoms with van der Waals surface area (Å²) in [6.45, 7) is 2.83. The van der Waals surface area contributed by atoms with Crippen LogP contribution in [0.4, 0.5) is 4.79 Å². The minimum absolute atomic E-state index is 0. The van der Waals surface area contributed by atoms with Crippen molar-refractivity contribution >= 4 is 24.3 Å². The van der Waals surface area contributed by atoms with E-state index >= 15 is 0 Å². The molecule has 2 aliphatic rings. The van der Waals surface area contributed by atoms with Gasteiger partial charge in [-0.25, -0.2) is 4.79 Å². The van der Waals surface area contributed by atoms with Crippen LogP contribution in [0.2, 0.25) is 0 Å². The van der Waals surface area contributed by atoms with E-state index in [1.807, 2.05) is 35.2 Å². The van der Waals surface area contributed by atoms with Crippen LogP contribution in [0.5, 0.6) is 0 Å². The maximum absolute atomic E-state index is 12.3. The van der Waals surface area contributed by atoms with Gasteiger partial charge in [-0.3, -0.25) is 4.79 Å². The molecule has 152 valence electrons. The Bertz CT molecular complexity index is 686. The van der Waals surface area contributed by atoms with E-state index in [0.29, 0.717) is 26.2 Å². The number of urea groups is 1. The average molecular weight is 406 g/mol. The highest BCUT2D eigenvalue weighted by Gasteiger charge is 2.29. The molecule has 0 bridgehead atoms. The second-order valence-electron chi connectivity index (χ2n) is 7.16. The maximum atomic E-state index is 12.3. The molecule has 2 fully saturated rings. The van der Waals surface area contributed by atoms with Crippen molar-refractivity contribution in [1.82, 2.24) is 20.4 Å². The van der Waals surface area contributed by atoms with E-state index in [2.05, 4.69) is 16.7 Å². The number of rotatable bonds is 5. The molecule has 0 aromatic heterocycles. The first kappa shape index (κ1) is 22.0. The molecule has 28 heavy (non-hydrogen) atoms. The van der Waals surface area contributed by atoms with Crippen LogP contribution in [0.1, 0.15) is 31.2 Å². The van der Waals surface area contributed by atoms with Gasteiger partial charge in [-0.1, -0.05) is 30.3 Å². The summed E-state index contributed by atoms with van der Waals surface area (Å²) in [6.07, 6.45) is 3.33. The predicted molar refractivity (Wildman–Crippen MR) is 109 cm³/mol. The highest BCUT2D eigenvalue weighted by molar-refractivity contribution is 5.85. The second kappa shape index (κ2) is 10.9. The molecular formula is C20H28ClN5O2. The fraction of sp³-hybridized carbons (Fsp3) is 0.550. The molecule has 1 aromatic carbocycles. The summed E-state index contributed by atoms with van der Waals surface area (Å²) in [5, 5.41) is 15.4. The number of hydrogen-bond acceptors (Lipinski definition) is 4. The number of nitrogens with zero attached hydrogens (tertiary/aromatic N) is 3. The van der Waals surface area contributed by atoms with Crippen LogP contribution in [0.15, 0.2) is 30.3 Å². The molecule has 0 saturated carbocycles. The Morgan fingerprint density at radius 3 is 2.50 bits per heavy atom. The average Bonchev–Trinajstić information content (AvgIpc) is 3.20. The molecular weight excluding hydrogens is 378 g/mol. The predicted octanol–water partition coefficient (Wildman–Crippen LogP) is 1.89. The number of likely N-dealkylation sites (tertiary alicyclic amines) is 2. The minimum Gasteiger partial charge on any atom is -0.334 e. The number of halogens is 1. The number of carbonyl (C=O) groups excluding carboxylic acids is 2. The standard InChI is InChI=1S/C20H27N5O2.ClH/c21-13-18-7-4-10-25(18)19(26)15-22-17-8-11-24(12-9-17)20(27)23-14-16-5-2-1-3-6-16;/h1-3,5-6,17-18,22H,4,7-12,14-15H2,(H,23,27);1H/t18-;/m0./s1. The third-order valence-electron chi connectivity index (χ3n) is 5.33. The fourth-order valence-corrected chi connectivity index (χ4v) is 3.70. The van der Waals surface area contributed by atoms with Gasteiger partial charge >= 0.3 is 6.03 Å². The Balaban J connectivity index is 0.00000280. The number of nitriles is 1. The van der Waals surface area contributed by atoms with Crippen LogP contribution in [-0.4, -0.2) is 60.0 Å². The van der Waals surface area contributed by atoms with Gasteiger partial charge in [-0.2, -0.15) is 5.26 Å². The Morgan fingerprint density at radius 2 is 1.82 bits per heavy atom. The number of carbonyl (C=O) groups is 2.